The summed E-state index contributed by atoms with van der Waals surface area (Å²) < 4.78 is 1.87. The van der Waals surface area contributed by atoms with E-state index in [1.807, 2.05) is 25.0 Å². The van der Waals surface area contributed by atoms with Crippen molar-refractivity contribution in [3.05, 3.63) is 53.3 Å². The highest BCUT2D eigenvalue weighted by atomic mass is 16.2. The molecule has 2 aliphatic rings. The molecule has 27 heavy (non-hydrogen) atoms. The third-order valence-electron chi connectivity index (χ3n) is 5.42. The van der Waals surface area contributed by atoms with Crippen LogP contribution in [0.5, 0.6) is 0 Å². The zero-order valence-corrected chi connectivity index (χ0v) is 15.5. The molecule has 1 aliphatic heterocycles. The van der Waals surface area contributed by atoms with Crippen LogP contribution in [0.1, 0.15) is 21.6 Å². The van der Waals surface area contributed by atoms with E-state index in [2.05, 4.69) is 40.5 Å². The van der Waals surface area contributed by atoms with Crippen molar-refractivity contribution in [3.8, 4) is 22.5 Å². The number of nitrogens with zero attached hydrogens (tertiary/aromatic N) is 4. The number of anilines is 1. The molecule has 3 aromatic rings. The molecular formula is C21H21N5O. The van der Waals surface area contributed by atoms with Crippen LogP contribution in [0.15, 0.2) is 36.5 Å². The van der Waals surface area contributed by atoms with E-state index >= 15 is 0 Å². The van der Waals surface area contributed by atoms with Gasteiger partial charge in [-0.15, -0.1) is 0 Å². The average molecular weight is 359 g/mol. The Morgan fingerprint density at radius 3 is 2.93 bits per heavy atom. The maximum Gasteiger partial charge on any atom is 0.269 e. The molecule has 0 unspecified atom stereocenters. The summed E-state index contributed by atoms with van der Waals surface area (Å²) in [6.07, 6.45) is 3.69. The van der Waals surface area contributed by atoms with Crippen LogP contribution in [0, 0.1) is 0 Å². The van der Waals surface area contributed by atoms with E-state index in [9.17, 15) is 4.79 Å². The zero-order chi connectivity index (χ0) is 18.5. The number of aromatic nitrogens is 3. The number of hydrogen-bond donors (Lipinski definition) is 1. The minimum atomic E-state index is -0.00795. The van der Waals surface area contributed by atoms with Crippen molar-refractivity contribution in [2.45, 2.75) is 19.4 Å². The van der Waals surface area contributed by atoms with E-state index in [1.54, 1.807) is 0 Å². The monoisotopic (exact) mass is 359 g/mol. The van der Waals surface area contributed by atoms with Gasteiger partial charge in [-0.3, -0.25) is 14.5 Å². The molecule has 0 saturated heterocycles. The van der Waals surface area contributed by atoms with E-state index in [4.69, 9.17) is 10.1 Å². The Bertz CT molecular complexity index is 1070. The van der Waals surface area contributed by atoms with Gasteiger partial charge >= 0.3 is 0 Å². The van der Waals surface area contributed by atoms with Gasteiger partial charge < -0.3 is 10.2 Å². The summed E-state index contributed by atoms with van der Waals surface area (Å²) in [6, 6.07) is 10.5. The van der Waals surface area contributed by atoms with Crippen LogP contribution in [0.3, 0.4) is 0 Å². The second-order valence-corrected chi connectivity index (χ2v) is 7.33. The largest absolute Gasteiger partial charge is 0.378 e. The Balaban J connectivity index is 1.64. The van der Waals surface area contributed by atoms with Crippen molar-refractivity contribution in [2.24, 2.45) is 0 Å². The lowest BCUT2D eigenvalue weighted by atomic mass is 9.89. The number of benzene rings is 1. The Kier molecular flexibility index (Phi) is 3.53. The molecule has 5 rings (SSSR count). The van der Waals surface area contributed by atoms with Crippen LogP contribution >= 0.6 is 0 Å². The van der Waals surface area contributed by atoms with Crippen LogP contribution in [0.25, 0.3) is 22.5 Å². The van der Waals surface area contributed by atoms with Crippen molar-refractivity contribution >= 4 is 11.6 Å². The van der Waals surface area contributed by atoms with Crippen LogP contribution in [0.2, 0.25) is 0 Å². The topological polar surface area (TPSA) is 63.1 Å². The quantitative estimate of drug-likeness (QED) is 0.764. The highest BCUT2D eigenvalue weighted by molar-refractivity contribution is 5.97. The molecule has 1 aromatic carbocycles. The molecule has 0 radical (unpaired) electrons. The summed E-state index contributed by atoms with van der Waals surface area (Å²) in [5, 5.41) is 7.72. The third kappa shape index (κ3) is 2.51. The predicted octanol–water partition coefficient (Wildman–Crippen LogP) is 2.52. The van der Waals surface area contributed by atoms with Crippen molar-refractivity contribution in [2.75, 3.05) is 25.5 Å². The smallest absolute Gasteiger partial charge is 0.269 e. The molecule has 1 N–H and O–H groups in total. The molecule has 6 heteroatoms. The summed E-state index contributed by atoms with van der Waals surface area (Å²) in [4.78, 5) is 19.1. The first-order chi connectivity index (χ1) is 13.1. The van der Waals surface area contributed by atoms with Gasteiger partial charge in [0.1, 0.15) is 5.69 Å². The van der Waals surface area contributed by atoms with Crippen LogP contribution in [-0.2, 0) is 19.4 Å². The maximum atomic E-state index is 12.3. The molecule has 0 bridgehead atoms. The number of rotatable bonds is 2. The predicted molar refractivity (Wildman–Crippen MR) is 105 cm³/mol. The Morgan fingerprint density at radius 2 is 2.07 bits per heavy atom. The molecule has 3 heterocycles. The first-order valence-electron chi connectivity index (χ1n) is 9.27. The van der Waals surface area contributed by atoms with Crippen molar-refractivity contribution in [1.82, 2.24) is 20.1 Å². The molecular weight excluding hydrogens is 338 g/mol. The minimum absolute atomic E-state index is 0.00795. The number of pyridine rings is 1. The highest BCUT2D eigenvalue weighted by Crippen LogP contribution is 2.37. The third-order valence-corrected chi connectivity index (χ3v) is 5.42. The van der Waals surface area contributed by atoms with Gasteiger partial charge in [0.15, 0.2) is 0 Å². The number of carbonyl (C=O) groups excluding carboxylic acids is 1. The number of hydrogen-bond acceptors (Lipinski definition) is 4. The van der Waals surface area contributed by atoms with Crippen molar-refractivity contribution < 1.29 is 4.79 Å². The highest BCUT2D eigenvalue weighted by Gasteiger charge is 2.30. The number of nitrogens with one attached hydrogen (secondary N) is 1. The fourth-order valence-corrected chi connectivity index (χ4v) is 3.99. The molecule has 0 atom stereocenters. The standard InChI is InChI=1S/C21H21N5O/c1-25(2)15-5-3-4-13(10-15)18-11-17-14(12-23-18)6-7-16-19(17)24-26-9-8-22-21(27)20(16)26/h3-5,10-12H,6-9H2,1-2H3,(H,22,27). The van der Waals surface area contributed by atoms with E-state index in [0.717, 1.165) is 58.8 Å². The molecule has 2 aromatic heterocycles. The van der Waals surface area contributed by atoms with Crippen molar-refractivity contribution in [3.63, 3.8) is 0 Å². The SMILES string of the molecule is CN(C)c1cccc(-c2cc3c(cn2)CCc2c-3nn3c2C(=O)NCC3)c1. The van der Waals surface area contributed by atoms with E-state index < -0.39 is 0 Å². The number of amides is 1. The normalized spacial score (nSPS) is 14.8. The summed E-state index contributed by atoms with van der Waals surface area (Å²) >= 11 is 0. The molecule has 0 spiro atoms. The molecule has 1 aliphatic carbocycles. The van der Waals surface area contributed by atoms with Gasteiger partial charge in [0.25, 0.3) is 5.91 Å². The lowest BCUT2D eigenvalue weighted by Gasteiger charge is -2.18. The minimum Gasteiger partial charge on any atom is -0.378 e. The molecule has 0 saturated carbocycles. The van der Waals surface area contributed by atoms with Crippen LogP contribution in [-0.4, -0.2) is 41.3 Å². The fraction of sp³-hybridized carbons (Fsp3) is 0.286. The van der Waals surface area contributed by atoms with Gasteiger partial charge in [-0.25, -0.2) is 0 Å². The molecule has 0 fully saturated rings. The summed E-state index contributed by atoms with van der Waals surface area (Å²) in [5.41, 5.74) is 8.20. The van der Waals surface area contributed by atoms with E-state index in [0.29, 0.717) is 6.54 Å². The number of carbonyl (C=O) groups is 1. The lowest BCUT2D eigenvalue weighted by Crippen LogP contribution is -2.36. The zero-order valence-electron chi connectivity index (χ0n) is 15.5. The van der Waals surface area contributed by atoms with Crippen LogP contribution < -0.4 is 10.2 Å². The van der Waals surface area contributed by atoms with Gasteiger partial charge in [0, 0.05) is 49.2 Å². The molecule has 6 nitrogen and oxygen atoms in total. The van der Waals surface area contributed by atoms with Gasteiger partial charge in [-0.1, -0.05) is 12.1 Å². The Morgan fingerprint density at radius 1 is 1.19 bits per heavy atom. The maximum absolute atomic E-state index is 12.3. The molecule has 136 valence electrons. The van der Waals surface area contributed by atoms with E-state index in [1.165, 1.54) is 5.56 Å². The van der Waals surface area contributed by atoms with Crippen molar-refractivity contribution in [1.29, 1.82) is 0 Å². The average Bonchev–Trinajstić information content (AvgIpc) is 3.08. The lowest BCUT2D eigenvalue weighted by molar-refractivity contribution is 0.0923. The summed E-state index contributed by atoms with van der Waals surface area (Å²) in [6.45, 7) is 1.37. The summed E-state index contributed by atoms with van der Waals surface area (Å²) in [7, 11) is 4.07. The van der Waals surface area contributed by atoms with Gasteiger partial charge in [0.2, 0.25) is 0 Å². The van der Waals surface area contributed by atoms with Gasteiger partial charge in [-0.05, 0) is 36.6 Å². The number of fused-ring (bicyclic) bond motifs is 5. The van der Waals surface area contributed by atoms with E-state index in [-0.39, 0.29) is 5.91 Å². The van der Waals surface area contributed by atoms with Gasteiger partial charge in [-0.2, -0.15) is 5.10 Å². The Labute approximate surface area is 157 Å². The summed E-state index contributed by atoms with van der Waals surface area (Å²) in [5.74, 6) is -0.00795. The number of aryl methyl sites for hydroxylation is 1. The van der Waals surface area contributed by atoms with Crippen LogP contribution in [0.4, 0.5) is 5.69 Å². The Hall–Kier alpha value is -3.15. The second-order valence-electron chi connectivity index (χ2n) is 7.33. The molecule has 1 amide bonds. The fourth-order valence-electron chi connectivity index (χ4n) is 3.99. The second kappa shape index (κ2) is 5.94. The first-order valence-corrected chi connectivity index (χ1v) is 9.27. The van der Waals surface area contributed by atoms with Gasteiger partial charge in [0.05, 0.1) is 17.9 Å². The first kappa shape index (κ1) is 16.1.